The van der Waals surface area contributed by atoms with Crippen molar-refractivity contribution in [2.24, 2.45) is 5.73 Å². The van der Waals surface area contributed by atoms with Crippen LogP contribution in [0.25, 0.3) is 0 Å². The van der Waals surface area contributed by atoms with Gasteiger partial charge in [-0.2, -0.15) is 5.10 Å². The Morgan fingerprint density at radius 3 is 2.83 bits per heavy atom. The Morgan fingerprint density at radius 2 is 2.22 bits per heavy atom. The first-order chi connectivity index (χ1) is 8.18. The number of aromatic nitrogens is 2. The first kappa shape index (κ1) is 15.0. The van der Waals surface area contributed by atoms with Gasteiger partial charge in [0.2, 0.25) is 5.91 Å². The number of nitrogens with zero attached hydrogens (tertiary/aromatic N) is 2. The van der Waals surface area contributed by atoms with Gasteiger partial charge in [0.15, 0.2) is 0 Å². The molecule has 102 valence electrons. The lowest BCUT2D eigenvalue weighted by atomic mass is 9.91. The van der Waals surface area contributed by atoms with Crippen molar-refractivity contribution < 1.29 is 4.79 Å². The van der Waals surface area contributed by atoms with E-state index < -0.39 is 0 Å². The molecule has 1 aliphatic rings. The van der Waals surface area contributed by atoms with Crippen molar-refractivity contribution >= 4 is 18.3 Å². The van der Waals surface area contributed by atoms with Crippen molar-refractivity contribution in [3.05, 3.63) is 18.5 Å². The summed E-state index contributed by atoms with van der Waals surface area (Å²) in [6.45, 7) is 1.84. The Bertz CT molecular complexity index is 368. The minimum atomic E-state index is -0.279. The van der Waals surface area contributed by atoms with Gasteiger partial charge in [0.05, 0.1) is 0 Å². The molecule has 1 unspecified atom stereocenters. The van der Waals surface area contributed by atoms with E-state index in [4.69, 9.17) is 5.73 Å². The molecule has 2 rings (SSSR count). The molecule has 0 aromatic carbocycles. The molecule has 1 saturated carbocycles. The Hall–Kier alpha value is -1.07. The maximum Gasteiger partial charge on any atom is 0.244 e. The van der Waals surface area contributed by atoms with Crippen LogP contribution in [-0.2, 0) is 4.79 Å². The first-order valence-corrected chi connectivity index (χ1v) is 6.23. The molecule has 1 amide bonds. The van der Waals surface area contributed by atoms with Crippen LogP contribution in [0.15, 0.2) is 18.5 Å². The summed E-state index contributed by atoms with van der Waals surface area (Å²) in [5.41, 5.74) is 6.01. The number of nitrogens with one attached hydrogen (secondary N) is 1. The minimum Gasteiger partial charge on any atom is -0.350 e. The summed E-state index contributed by atoms with van der Waals surface area (Å²) in [7, 11) is 0. The predicted molar refractivity (Wildman–Crippen MR) is 72.6 cm³/mol. The maximum absolute atomic E-state index is 12.0. The monoisotopic (exact) mass is 272 g/mol. The summed E-state index contributed by atoms with van der Waals surface area (Å²) < 4.78 is 1.66. The molecule has 6 heteroatoms. The third-order valence-electron chi connectivity index (χ3n) is 3.45. The lowest BCUT2D eigenvalue weighted by molar-refractivity contribution is -0.125. The third kappa shape index (κ3) is 3.46. The van der Waals surface area contributed by atoms with E-state index in [0.717, 1.165) is 19.3 Å². The van der Waals surface area contributed by atoms with Gasteiger partial charge in [0.25, 0.3) is 0 Å². The van der Waals surface area contributed by atoms with Gasteiger partial charge in [-0.25, -0.2) is 0 Å². The molecule has 0 radical (unpaired) electrons. The number of halogens is 1. The van der Waals surface area contributed by atoms with Gasteiger partial charge in [0, 0.05) is 24.5 Å². The molecule has 3 atom stereocenters. The normalized spacial score (nSPS) is 25.0. The molecule has 3 N–H and O–H groups in total. The standard InChI is InChI=1S/C12H20N4O.ClH/c1-9(16-8-4-7-14-16)12(17)15-11-6-3-2-5-10(11)13;/h4,7-11H,2-3,5-6,13H2,1H3,(H,15,17);1H/t9?,10-,11-;/m1./s1. The highest BCUT2D eigenvalue weighted by molar-refractivity contribution is 5.85. The Balaban J connectivity index is 0.00000162. The SMILES string of the molecule is CC(C(=O)N[C@@H]1CCCC[C@H]1N)n1cccn1.Cl. The van der Waals surface area contributed by atoms with Crippen LogP contribution in [0.2, 0.25) is 0 Å². The topological polar surface area (TPSA) is 72.9 Å². The molecule has 0 bridgehead atoms. The fourth-order valence-electron chi connectivity index (χ4n) is 2.27. The lowest BCUT2D eigenvalue weighted by Crippen LogP contribution is -2.50. The van der Waals surface area contributed by atoms with Crippen LogP contribution in [0.3, 0.4) is 0 Å². The van der Waals surface area contributed by atoms with E-state index in [2.05, 4.69) is 10.4 Å². The molecule has 1 heterocycles. The zero-order valence-corrected chi connectivity index (χ0v) is 11.4. The number of hydrogen-bond acceptors (Lipinski definition) is 3. The second kappa shape index (κ2) is 6.75. The molecule has 0 saturated heterocycles. The van der Waals surface area contributed by atoms with Gasteiger partial charge in [0.1, 0.15) is 6.04 Å². The van der Waals surface area contributed by atoms with Gasteiger partial charge in [-0.1, -0.05) is 12.8 Å². The molecule has 1 fully saturated rings. The van der Waals surface area contributed by atoms with E-state index in [1.165, 1.54) is 6.42 Å². The van der Waals surface area contributed by atoms with E-state index in [1.54, 1.807) is 17.1 Å². The van der Waals surface area contributed by atoms with Crippen LogP contribution in [0.5, 0.6) is 0 Å². The molecule has 0 aliphatic heterocycles. The van der Waals surface area contributed by atoms with Gasteiger partial charge in [-0.15, -0.1) is 12.4 Å². The summed E-state index contributed by atoms with van der Waals surface area (Å²) in [5.74, 6) is -0.00366. The zero-order valence-electron chi connectivity index (χ0n) is 10.6. The zero-order chi connectivity index (χ0) is 12.3. The average molecular weight is 273 g/mol. The van der Waals surface area contributed by atoms with Crippen LogP contribution in [0.4, 0.5) is 0 Å². The number of carbonyl (C=O) groups is 1. The number of rotatable bonds is 3. The summed E-state index contributed by atoms with van der Waals surface area (Å²) in [6, 6.07) is 1.75. The Morgan fingerprint density at radius 1 is 1.50 bits per heavy atom. The fourth-order valence-corrected chi connectivity index (χ4v) is 2.27. The van der Waals surface area contributed by atoms with Crippen molar-refractivity contribution in [1.82, 2.24) is 15.1 Å². The highest BCUT2D eigenvalue weighted by Crippen LogP contribution is 2.17. The van der Waals surface area contributed by atoms with Crippen molar-refractivity contribution in [3.8, 4) is 0 Å². The first-order valence-electron chi connectivity index (χ1n) is 6.23. The van der Waals surface area contributed by atoms with E-state index >= 15 is 0 Å². The lowest BCUT2D eigenvalue weighted by Gasteiger charge is -2.30. The van der Waals surface area contributed by atoms with E-state index in [1.807, 2.05) is 13.0 Å². The van der Waals surface area contributed by atoms with Gasteiger partial charge in [-0.3, -0.25) is 9.48 Å². The second-order valence-electron chi connectivity index (χ2n) is 4.73. The second-order valence-corrected chi connectivity index (χ2v) is 4.73. The number of hydrogen-bond donors (Lipinski definition) is 2. The van der Waals surface area contributed by atoms with Crippen LogP contribution in [-0.4, -0.2) is 27.8 Å². The average Bonchev–Trinajstić information content (AvgIpc) is 2.84. The summed E-state index contributed by atoms with van der Waals surface area (Å²) in [6.07, 6.45) is 7.78. The van der Waals surface area contributed by atoms with Gasteiger partial charge in [-0.05, 0) is 25.8 Å². The summed E-state index contributed by atoms with van der Waals surface area (Å²) in [5, 5.41) is 7.11. The van der Waals surface area contributed by atoms with E-state index in [9.17, 15) is 4.79 Å². The highest BCUT2D eigenvalue weighted by Gasteiger charge is 2.25. The van der Waals surface area contributed by atoms with Crippen LogP contribution >= 0.6 is 12.4 Å². The van der Waals surface area contributed by atoms with Crippen molar-refractivity contribution in [3.63, 3.8) is 0 Å². The smallest absolute Gasteiger partial charge is 0.244 e. The third-order valence-corrected chi connectivity index (χ3v) is 3.45. The van der Waals surface area contributed by atoms with E-state index in [-0.39, 0.29) is 36.4 Å². The summed E-state index contributed by atoms with van der Waals surface area (Å²) >= 11 is 0. The maximum atomic E-state index is 12.0. The highest BCUT2D eigenvalue weighted by atomic mass is 35.5. The fraction of sp³-hybridized carbons (Fsp3) is 0.667. The molecule has 18 heavy (non-hydrogen) atoms. The molecule has 1 aromatic rings. The number of nitrogens with two attached hydrogens (primary N) is 1. The van der Waals surface area contributed by atoms with Crippen LogP contribution in [0, 0.1) is 0 Å². The van der Waals surface area contributed by atoms with Gasteiger partial charge < -0.3 is 11.1 Å². The largest absolute Gasteiger partial charge is 0.350 e. The number of carbonyl (C=O) groups excluding carboxylic acids is 1. The molecule has 1 aromatic heterocycles. The molecule has 1 aliphatic carbocycles. The summed E-state index contributed by atoms with van der Waals surface area (Å²) in [4.78, 5) is 12.0. The van der Waals surface area contributed by atoms with Crippen LogP contribution in [0.1, 0.15) is 38.6 Å². The predicted octanol–water partition coefficient (Wildman–Crippen LogP) is 1.25. The minimum absolute atomic E-state index is 0. The van der Waals surface area contributed by atoms with Gasteiger partial charge >= 0.3 is 0 Å². The Kier molecular flexibility index (Phi) is 5.62. The Labute approximate surface area is 114 Å². The molecular formula is C12H21ClN4O. The number of amides is 1. The van der Waals surface area contributed by atoms with E-state index in [0.29, 0.717) is 0 Å². The molecule has 0 spiro atoms. The van der Waals surface area contributed by atoms with Crippen molar-refractivity contribution in [1.29, 1.82) is 0 Å². The molecular weight excluding hydrogens is 252 g/mol. The van der Waals surface area contributed by atoms with Crippen LogP contribution < -0.4 is 11.1 Å². The molecule has 5 nitrogen and oxygen atoms in total. The van der Waals surface area contributed by atoms with Crippen molar-refractivity contribution in [2.45, 2.75) is 50.7 Å². The van der Waals surface area contributed by atoms with Crippen molar-refractivity contribution in [2.75, 3.05) is 0 Å². The quantitative estimate of drug-likeness (QED) is 0.870.